The molecule has 0 bridgehead atoms. The Hall–Kier alpha value is -0.650. The molecule has 5 nitrogen and oxygen atoms in total. The summed E-state index contributed by atoms with van der Waals surface area (Å²) in [6.07, 6.45) is -4.53. The first kappa shape index (κ1) is 9.44. The van der Waals surface area contributed by atoms with Crippen molar-refractivity contribution >= 4 is 5.97 Å². The van der Waals surface area contributed by atoms with Gasteiger partial charge < -0.3 is 20.1 Å². The highest BCUT2D eigenvalue weighted by Gasteiger charge is 2.38. The van der Waals surface area contributed by atoms with Crippen LogP contribution < -0.4 is 0 Å². The van der Waals surface area contributed by atoms with Crippen molar-refractivity contribution in [2.45, 2.75) is 37.8 Å². The van der Waals surface area contributed by atoms with E-state index in [2.05, 4.69) is 4.74 Å². The number of aliphatic hydroxyl groups excluding tert-OH is 3. The maximum absolute atomic E-state index is 10.7. The van der Waals surface area contributed by atoms with Crippen LogP contribution in [-0.4, -0.2) is 45.7 Å². The van der Waals surface area contributed by atoms with E-state index in [1.54, 1.807) is 0 Å². The highest BCUT2D eigenvalue weighted by molar-refractivity contribution is 5.71. The van der Waals surface area contributed by atoms with Gasteiger partial charge in [0.2, 0.25) is 0 Å². The Balaban J connectivity index is 2.66. The van der Waals surface area contributed by atoms with Gasteiger partial charge in [-0.05, 0) is 6.92 Å². The van der Waals surface area contributed by atoms with Gasteiger partial charge in [-0.15, -0.1) is 0 Å². The van der Waals surface area contributed by atoms with E-state index in [1.165, 1.54) is 6.92 Å². The van der Waals surface area contributed by atoms with Crippen LogP contribution in [0.3, 0.4) is 0 Å². The number of hydrogen-bond donors (Lipinski definition) is 3. The van der Waals surface area contributed by atoms with Crippen molar-refractivity contribution in [3.63, 3.8) is 0 Å². The van der Waals surface area contributed by atoms with E-state index < -0.39 is 30.4 Å². The second kappa shape index (κ2) is 3.38. The molecule has 0 amide bonds. The molecule has 3 N–H and O–H groups in total. The SMILES string of the molecule is CC(O)[C@H]1OC(=O)CC(O)C1O. The van der Waals surface area contributed by atoms with Gasteiger partial charge in [0.05, 0.1) is 18.6 Å². The van der Waals surface area contributed by atoms with E-state index in [-0.39, 0.29) is 6.42 Å². The molecule has 1 saturated heterocycles. The number of ether oxygens (including phenoxy) is 1. The molecule has 0 radical (unpaired) electrons. The van der Waals surface area contributed by atoms with Crippen LogP contribution in [0, 0.1) is 0 Å². The molecule has 0 aromatic heterocycles. The molecule has 0 aromatic rings. The Morgan fingerprint density at radius 3 is 2.67 bits per heavy atom. The Morgan fingerprint density at radius 2 is 2.17 bits per heavy atom. The molecule has 1 fully saturated rings. The van der Waals surface area contributed by atoms with E-state index in [0.717, 1.165) is 0 Å². The second-order valence-electron chi connectivity index (χ2n) is 2.96. The smallest absolute Gasteiger partial charge is 0.308 e. The third-order valence-corrected chi connectivity index (χ3v) is 1.85. The van der Waals surface area contributed by atoms with Crippen LogP contribution in [0.25, 0.3) is 0 Å². The van der Waals surface area contributed by atoms with Gasteiger partial charge in [-0.25, -0.2) is 0 Å². The predicted molar refractivity (Wildman–Crippen MR) is 38.2 cm³/mol. The van der Waals surface area contributed by atoms with E-state index in [4.69, 9.17) is 10.2 Å². The lowest BCUT2D eigenvalue weighted by atomic mass is 9.99. The van der Waals surface area contributed by atoms with Crippen molar-refractivity contribution in [3.05, 3.63) is 0 Å². The second-order valence-corrected chi connectivity index (χ2v) is 2.96. The molecule has 1 heterocycles. The molecule has 3 unspecified atom stereocenters. The fourth-order valence-electron chi connectivity index (χ4n) is 1.16. The van der Waals surface area contributed by atoms with Gasteiger partial charge in [0.1, 0.15) is 6.10 Å². The Labute approximate surface area is 69.6 Å². The van der Waals surface area contributed by atoms with Crippen molar-refractivity contribution in [1.29, 1.82) is 0 Å². The molecule has 4 atom stereocenters. The molecular formula is C7H12O5. The quantitative estimate of drug-likeness (QED) is 0.419. The van der Waals surface area contributed by atoms with Crippen molar-refractivity contribution in [2.75, 3.05) is 0 Å². The molecule has 12 heavy (non-hydrogen) atoms. The van der Waals surface area contributed by atoms with Crippen LogP contribution in [-0.2, 0) is 9.53 Å². The van der Waals surface area contributed by atoms with Gasteiger partial charge in [0, 0.05) is 0 Å². The molecule has 1 aliphatic rings. The first-order valence-electron chi connectivity index (χ1n) is 3.76. The minimum atomic E-state index is -1.19. The van der Waals surface area contributed by atoms with Crippen LogP contribution in [0.1, 0.15) is 13.3 Å². The van der Waals surface area contributed by atoms with E-state index in [9.17, 15) is 9.90 Å². The highest BCUT2D eigenvalue weighted by Crippen LogP contribution is 2.18. The highest BCUT2D eigenvalue weighted by atomic mass is 16.6. The average molecular weight is 176 g/mol. The van der Waals surface area contributed by atoms with Crippen LogP contribution in [0.4, 0.5) is 0 Å². The summed E-state index contributed by atoms with van der Waals surface area (Å²) < 4.78 is 4.63. The first-order chi connectivity index (χ1) is 5.52. The number of aliphatic hydroxyl groups is 3. The van der Waals surface area contributed by atoms with Crippen LogP contribution in [0.15, 0.2) is 0 Å². The molecule has 0 saturated carbocycles. The minimum Gasteiger partial charge on any atom is -0.457 e. The van der Waals surface area contributed by atoms with Crippen LogP contribution in [0.2, 0.25) is 0 Å². The number of cyclic esters (lactones) is 1. The molecule has 70 valence electrons. The van der Waals surface area contributed by atoms with Crippen LogP contribution >= 0.6 is 0 Å². The normalized spacial score (nSPS) is 39.0. The fraction of sp³-hybridized carbons (Fsp3) is 0.857. The third kappa shape index (κ3) is 1.74. The Bertz CT molecular complexity index is 179. The van der Waals surface area contributed by atoms with Crippen molar-refractivity contribution in [1.82, 2.24) is 0 Å². The van der Waals surface area contributed by atoms with Gasteiger partial charge >= 0.3 is 5.97 Å². The molecular weight excluding hydrogens is 164 g/mol. The summed E-state index contributed by atoms with van der Waals surface area (Å²) >= 11 is 0. The zero-order chi connectivity index (χ0) is 9.30. The number of carbonyl (C=O) groups is 1. The summed E-state index contributed by atoms with van der Waals surface area (Å²) in [7, 11) is 0. The van der Waals surface area contributed by atoms with E-state index >= 15 is 0 Å². The average Bonchev–Trinajstić information content (AvgIpc) is 1.96. The minimum absolute atomic E-state index is 0.218. The van der Waals surface area contributed by atoms with Gasteiger partial charge in [0.15, 0.2) is 6.10 Å². The van der Waals surface area contributed by atoms with Gasteiger partial charge in [-0.2, -0.15) is 0 Å². The molecule has 1 rings (SSSR count). The lowest BCUT2D eigenvalue weighted by molar-refractivity contribution is -0.190. The Kier molecular flexibility index (Phi) is 2.66. The number of rotatable bonds is 1. The Morgan fingerprint density at radius 1 is 1.58 bits per heavy atom. The van der Waals surface area contributed by atoms with Crippen molar-refractivity contribution < 1.29 is 24.9 Å². The van der Waals surface area contributed by atoms with Gasteiger partial charge in [0.25, 0.3) is 0 Å². The van der Waals surface area contributed by atoms with Crippen molar-refractivity contribution in [2.24, 2.45) is 0 Å². The van der Waals surface area contributed by atoms with Gasteiger partial charge in [-0.3, -0.25) is 4.79 Å². The summed E-state index contributed by atoms with van der Waals surface area (Å²) in [5, 5.41) is 27.4. The number of esters is 1. The summed E-state index contributed by atoms with van der Waals surface area (Å²) in [4.78, 5) is 10.7. The molecule has 0 aromatic carbocycles. The summed E-state index contributed by atoms with van der Waals surface area (Å²) in [5.74, 6) is -0.598. The molecule has 5 heteroatoms. The van der Waals surface area contributed by atoms with Crippen LogP contribution in [0.5, 0.6) is 0 Å². The van der Waals surface area contributed by atoms with Crippen molar-refractivity contribution in [3.8, 4) is 0 Å². The number of carbonyl (C=O) groups excluding carboxylic acids is 1. The largest absolute Gasteiger partial charge is 0.457 e. The zero-order valence-corrected chi connectivity index (χ0v) is 6.67. The first-order valence-corrected chi connectivity index (χ1v) is 3.76. The standard InChI is InChI=1S/C7H12O5/c1-3(8)7-6(11)4(9)2-5(10)12-7/h3-4,6-9,11H,2H2,1H3/t3?,4?,6?,7-/m1/s1. The maximum atomic E-state index is 10.7. The lowest BCUT2D eigenvalue weighted by Gasteiger charge is -2.32. The molecule has 0 aliphatic carbocycles. The lowest BCUT2D eigenvalue weighted by Crippen LogP contribution is -2.51. The predicted octanol–water partition coefficient (Wildman–Crippen LogP) is -1.60. The van der Waals surface area contributed by atoms with E-state index in [1.807, 2.05) is 0 Å². The topological polar surface area (TPSA) is 87.0 Å². The number of hydrogen-bond acceptors (Lipinski definition) is 5. The summed E-state index contributed by atoms with van der Waals surface area (Å²) in [6.45, 7) is 1.39. The molecule has 1 aliphatic heterocycles. The summed E-state index contributed by atoms with van der Waals surface area (Å²) in [5.41, 5.74) is 0. The monoisotopic (exact) mass is 176 g/mol. The summed E-state index contributed by atoms with van der Waals surface area (Å²) in [6, 6.07) is 0. The maximum Gasteiger partial charge on any atom is 0.308 e. The third-order valence-electron chi connectivity index (χ3n) is 1.85. The van der Waals surface area contributed by atoms with Gasteiger partial charge in [-0.1, -0.05) is 0 Å². The fourth-order valence-corrected chi connectivity index (χ4v) is 1.16. The van der Waals surface area contributed by atoms with E-state index in [0.29, 0.717) is 0 Å². The molecule has 0 spiro atoms. The zero-order valence-electron chi connectivity index (χ0n) is 6.67.